The molecule has 0 saturated heterocycles. The van der Waals surface area contributed by atoms with E-state index in [-0.39, 0.29) is 17.4 Å². The van der Waals surface area contributed by atoms with Gasteiger partial charge in [-0.2, -0.15) is 0 Å². The van der Waals surface area contributed by atoms with Crippen LogP contribution in [0, 0.1) is 5.92 Å². The van der Waals surface area contributed by atoms with Crippen LogP contribution in [0.4, 0.5) is 0 Å². The Morgan fingerprint density at radius 1 is 1.32 bits per heavy atom. The van der Waals surface area contributed by atoms with E-state index in [2.05, 4.69) is 5.32 Å². The zero-order valence-electron chi connectivity index (χ0n) is 14.4. The number of carbonyl (C=O) groups is 2. The van der Waals surface area contributed by atoms with Crippen LogP contribution in [0.3, 0.4) is 0 Å². The number of ether oxygens (including phenoxy) is 1. The van der Waals surface area contributed by atoms with Gasteiger partial charge in [-0.3, -0.25) is 9.59 Å². The van der Waals surface area contributed by atoms with Crippen LogP contribution >= 0.6 is 0 Å². The minimum absolute atomic E-state index is 0.139. The third-order valence-corrected chi connectivity index (χ3v) is 3.46. The molecule has 0 aliphatic heterocycles. The van der Waals surface area contributed by atoms with E-state index in [4.69, 9.17) is 20.0 Å². The highest BCUT2D eigenvalue weighted by Crippen LogP contribution is 2.23. The molecule has 140 valence electrons. The fourth-order valence-corrected chi connectivity index (χ4v) is 2.20. The standard InChI is InChI=1S/C16H24N2O7/c1-8(2)4-11(13-5-9(24-3)6-14(20)25-13)18-15(21)12(19)7-10(17)16(22)23/h5-6,8,10-12,19H,4,7,17H2,1-3H3,(H,18,21)(H,22,23)/t10-,11+,12+/m1/s1. The number of aliphatic carboxylic acids is 1. The Morgan fingerprint density at radius 2 is 1.96 bits per heavy atom. The fourth-order valence-electron chi connectivity index (χ4n) is 2.20. The molecule has 0 bridgehead atoms. The second-order valence-electron chi connectivity index (χ2n) is 6.11. The van der Waals surface area contributed by atoms with Crippen molar-refractivity contribution in [2.75, 3.05) is 7.11 Å². The van der Waals surface area contributed by atoms with Gasteiger partial charge in [0.1, 0.15) is 23.7 Å². The Labute approximate surface area is 144 Å². The van der Waals surface area contributed by atoms with Gasteiger partial charge in [-0.1, -0.05) is 13.8 Å². The summed E-state index contributed by atoms with van der Waals surface area (Å²) in [6.07, 6.45) is -1.60. The van der Waals surface area contributed by atoms with Gasteiger partial charge in [-0.05, 0) is 12.3 Å². The highest BCUT2D eigenvalue weighted by atomic mass is 16.5. The number of aliphatic hydroxyl groups is 1. The zero-order chi connectivity index (χ0) is 19.1. The van der Waals surface area contributed by atoms with E-state index in [1.807, 2.05) is 13.8 Å². The fraction of sp³-hybridized carbons (Fsp3) is 0.562. The Balaban J connectivity index is 2.96. The molecule has 1 rings (SSSR count). The van der Waals surface area contributed by atoms with Gasteiger partial charge in [0.25, 0.3) is 0 Å². The molecule has 0 aliphatic rings. The normalized spacial score (nSPS) is 14.6. The first-order valence-corrected chi connectivity index (χ1v) is 7.80. The van der Waals surface area contributed by atoms with Crippen LogP contribution in [-0.2, 0) is 9.59 Å². The minimum atomic E-state index is -1.60. The number of aliphatic hydroxyl groups excluding tert-OH is 1. The lowest BCUT2D eigenvalue weighted by Crippen LogP contribution is -2.43. The summed E-state index contributed by atoms with van der Waals surface area (Å²) in [5.41, 5.74) is 4.69. The Kier molecular flexibility index (Phi) is 7.59. The van der Waals surface area contributed by atoms with Gasteiger partial charge in [0, 0.05) is 12.5 Å². The smallest absolute Gasteiger partial charge is 0.339 e. The van der Waals surface area contributed by atoms with E-state index < -0.39 is 42.1 Å². The van der Waals surface area contributed by atoms with Crippen molar-refractivity contribution < 1.29 is 29.0 Å². The number of rotatable bonds is 9. The molecular formula is C16H24N2O7. The predicted octanol–water partition coefficient (Wildman–Crippen LogP) is 0.0147. The third kappa shape index (κ3) is 6.55. The number of amides is 1. The third-order valence-electron chi connectivity index (χ3n) is 3.46. The quantitative estimate of drug-likeness (QED) is 0.483. The average Bonchev–Trinajstić information content (AvgIpc) is 2.52. The van der Waals surface area contributed by atoms with Crippen molar-refractivity contribution in [1.82, 2.24) is 5.32 Å². The van der Waals surface area contributed by atoms with E-state index in [1.54, 1.807) is 0 Å². The van der Waals surface area contributed by atoms with Crippen molar-refractivity contribution in [3.05, 3.63) is 28.3 Å². The summed E-state index contributed by atoms with van der Waals surface area (Å²) in [5, 5.41) is 21.2. The molecule has 3 atom stereocenters. The summed E-state index contributed by atoms with van der Waals surface area (Å²) in [5.74, 6) is -1.51. The van der Waals surface area contributed by atoms with E-state index in [0.717, 1.165) is 0 Å². The maximum absolute atomic E-state index is 12.1. The molecule has 0 saturated carbocycles. The van der Waals surface area contributed by atoms with E-state index >= 15 is 0 Å². The molecule has 0 fully saturated rings. The first kappa shape index (κ1) is 20.7. The number of hydrogen-bond donors (Lipinski definition) is 4. The van der Waals surface area contributed by atoms with Crippen molar-refractivity contribution in [2.24, 2.45) is 11.7 Å². The lowest BCUT2D eigenvalue weighted by molar-refractivity contribution is -0.140. The number of nitrogens with two attached hydrogens (primary N) is 1. The molecule has 0 spiro atoms. The molecule has 0 aliphatic carbocycles. The number of nitrogens with one attached hydrogen (secondary N) is 1. The van der Waals surface area contributed by atoms with Crippen molar-refractivity contribution in [1.29, 1.82) is 0 Å². The molecule has 5 N–H and O–H groups in total. The average molecular weight is 356 g/mol. The molecule has 1 amide bonds. The lowest BCUT2D eigenvalue weighted by Gasteiger charge is -2.22. The summed E-state index contributed by atoms with van der Waals surface area (Å²) in [7, 11) is 1.39. The monoisotopic (exact) mass is 356 g/mol. The molecule has 9 heteroatoms. The summed E-state index contributed by atoms with van der Waals surface area (Å²) >= 11 is 0. The van der Waals surface area contributed by atoms with E-state index in [0.29, 0.717) is 6.42 Å². The van der Waals surface area contributed by atoms with Crippen LogP contribution in [-0.4, -0.2) is 41.3 Å². The summed E-state index contributed by atoms with van der Waals surface area (Å²) in [6.45, 7) is 3.82. The molecule has 0 radical (unpaired) electrons. The van der Waals surface area contributed by atoms with Crippen LogP contribution in [0.5, 0.6) is 5.75 Å². The topological polar surface area (TPSA) is 152 Å². The molecule has 9 nitrogen and oxygen atoms in total. The van der Waals surface area contributed by atoms with Gasteiger partial charge in [-0.25, -0.2) is 4.79 Å². The first-order valence-electron chi connectivity index (χ1n) is 7.80. The highest BCUT2D eigenvalue weighted by molar-refractivity contribution is 5.82. The second-order valence-corrected chi connectivity index (χ2v) is 6.11. The summed E-state index contributed by atoms with van der Waals surface area (Å²) in [6, 6.07) is 0.591. The van der Waals surface area contributed by atoms with Crippen LogP contribution in [0.2, 0.25) is 0 Å². The van der Waals surface area contributed by atoms with Crippen LogP contribution in [0.1, 0.15) is 38.5 Å². The van der Waals surface area contributed by atoms with Crippen LogP contribution in [0.25, 0.3) is 0 Å². The number of carboxylic acids is 1. The number of hydrogen-bond acceptors (Lipinski definition) is 7. The Bertz CT molecular complexity index is 656. The summed E-state index contributed by atoms with van der Waals surface area (Å²) in [4.78, 5) is 34.5. The van der Waals surface area contributed by atoms with Gasteiger partial charge in [-0.15, -0.1) is 0 Å². The molecule has 1 aromatic heterocycles. The van der Waals surface area contributed by atoms with Crippen molar-refractivity contribution in [3.63, 3.8) is 0 Å². The first-order chi connectivity index (χ1) is 11.6. The lowest BCUT2D eigenvalue weighted by atomic mass is 10.0. The van der Waals surface area contributed by atoms with Crippen molar-refractivity contribution >= 4 is 11.9 Å². The van der Waals surface area contributed by atoms with Gasteiger partial charge >= 0.3 is 11.6 Å². The second kappa shape index (κ2) is 9.19. The largest absolute Gasteiger partial charge is 0.496 e. The van der Waals surface area contributed by atoms with Crippen molar-refractivity contribution in [3.8, 4) is 5.75 Å². The van der Waals surface area contributed by atoms with Crippen LogP contribution < -0.4 is 21.4 Å². The zero-order valence-corrected chi connectivity index (χ0v) is 14.4. The van der Waals surface area contributed by atoms with Crippen LogP contribution in [0.15, 0.2) is 21.3 Å². The Morgan fingerprint density at radius 3 is 2.48 bits per heavy atom. The molecule has 1 heterocycles. The number of methoxy groups -OCH3 is 1. The molecule has 0 aromatic carbocycles. The Hall–Kier alpha value is -2.39. The van der Waals surface area contributed by atoms with Gasteiger partial charge < -0.3 is 30.4 Å². The van der Waals surface area contributed by atoms with Gasteiger partial charge in [0.05, 0.1) is 19.2 Å². The molecule has 0 unspecified atom stereocenters. The minimum Gasteiger partial charge on any atom is -0.496 e. The highest BCUT2D eigenvalue weighted by Gasteiger charge is 2.26. The molecule has 1 aromatic rings. The van der Waals surface area contributed by atoms with Crippen molar-refractivity contribution in [2.45, 2.75) is 44.9 Å². The van der Waals surface area contributed by atoms with Gasteiger partial charge in [0.15, 0.2) is 0 Å². The maximum Gasteiger partial charge on any atom is 0.339 e. The predicted molar refractivity (Wildman–Crippen MR) is 88.1 cm³/mol. The van der Waals surface area contributed by atoms with E-state index in [9.17, 15) is 19.5 Å². The molecule has 25 heavy (non-hydrogen) atoms. The number of carbonyl (C=O) groups excluding carboxylic acids is 1. The maximum atomic E-state index is 12.1. The van der Waals surface area contributed by atoms with E-state index in [1.165, 1.54) is 19.2 Å². The molecular weight excluding hydrogens is 332 g/mol. The summed E-state index contributed by atoms with van der Waals surface area (Å²) < 4.78 is 10.2. The SMILES string of the molecule is COc1cc([C@H](CC(C)C)NC(=O)[C@@H](O)C[C@@H](N)C(=O)O)oc(=O)c1. The number of carboxylic acid groups (broad SMARTS) is 1. The van der Waals surface area contributed by atoms with Gasteiger partial charge in [0.2, 0.25) is 5.91 Å².